The van der Waals surface area contributed by atoms with Gasteiger partial charge in [-0.2, -0.15) is 5.10 Å². The van der Waals surface area contributed by atoms with Crippen LogP contribution in [0.3, 0.4) is 0 Å². The number of carbonyl (C=O) groups excluding carboxylic acids is 2. The first-order valence-electron chi connectivity index (χ1n) is 15.1. The van der Waals surface area contributed by atoms with Gasteiger partial charge in [-0.3, -0.25) is 15.1 Å². The molecule has 12 nitrogen and oxygen atoms in total. The van der Waals surface area contributed by atoms with Crippen LogP contribution in [0.2, 0.25) is 0 Å². The van der Waals surface area contributed by atoms with E-state index in [0.29, 0.717) is 67.2 Å². The SMILES string of the molecule is Cc1cc2cc(n1)-c1cnn(C)c1OCCCCCn1c(nc3cccc(OC4CCN(C(=O)OC(C)(C)C)C4)c31)NC2=O. The van der Waals surface area contributed by atoms with E-state index in [1.807, 2.05) is 57.5 Å². The number of aromatic nitrogens is 5. The fourth-order valence-electron chi connectivity index (χ4n) is 5.66. The molecule has 12 heteroatoms. The van der Waals surface area contributed by atoms with Crippen molar-refractivity contribution in [3.8, 4) is 22.9 Å². The van der Waals surface area contributed by atoms with Gasteiger partial charge in [0.25, 0.3) is 5.91 Å². The summed E-state index contributed by atoms with van der Waals surface area (Å²) in [6, 6.07) is 9.24. The van der Waals surface area contributed by atoms with Gasteiger partial charge in [0.15, 0.2) is 0 Å². The number of ether oxygens (including phenoxy) is 3. The highest BCUT2D eigenvalue weighted by molar-refractivity contribution is 6.05. The third-order valence-electron chi connectivity index (χ3n) is 7.69. The molecule has 2 aliphatic heterocycles. The van der Waals surface area contributed by atoms with Gasteiger partial charge < -0.3 is 23.7 Å². The van der Waals surface area contributed by atoms with Crippen molar-refractivity contribution >= 4 is 29.0 Å². The fraction of sp³-hybridized carbons (Fsp3) is 0.469. The number of rotatable bonds is 2. The summed E-state index contributed by atoms with van der Waals surface area (Å²) < 4.78 is 21.9. The van der Waals surface area contributed by atoms with Crippen LogP contribution >= 0.6 is 0 Å². The predicted molar refractivity (Wildman–Crippen MR) is 165 cm³/mol. The number of benzene rings is 1. The molecule has 3 aromatic heterocycles. The first-order valence-corrected chi connectivity index (χ1v) is 15.1. The van der Waals surface area contributed by atoms with Crippen molar-refractivity contribution in [3.63, 3.8) is 0 Å². The molecule has 1 N–H and O–H groups in total. The van der Waals surface area contributed by atoms with E-state index in [-0.39, 0.29) is 18.1 Å². The highest BCUT2D eigenvalue weighted by Crippen LogP contribution is 2.33. The molecule has 2 amide bonds. The van der Waals surface area contributed by atoms with Crippen molar-refractivity contribution in [3.05, 3.63) is 47.8 Å². The number of hydrogen-bond donors (Lipinski definition) is 1. The molecule has 2 bridgehead atoms. The van der Waals surface area contributed by atoms with E-state index in [2.05, 4.69) is 15.4 Å². The quantitative estimate of drug-likeness (QED) is 0.326. The minimum atomic E-state index is -0.559. The van der Waals surface area contributed by atoms with Crippen molar-refractivity contribution in [2.75, 3.05) is 25.0 Å². The zero-order valence-electron chi connectivity index (χ0n) is 25.9. The number of fused-ring (bicyclic) bond motifs is 7. The molecule has 1 unspecified atom stereocenters. The zero-order valence-corrected chi connectivity index (χ0v) is 25.9. The van der Waals surface area contributed by atoms with Gasteiger partial charge in [0.05, 0.1) is 36.1 Å². The molecule has 0 radical (unpaired) electrons. The van der Waals surface area contributed by atoms with Gasteiger partial charge in [-0.25, -0.2) is 14.5 Å². The second kappa shape index (κ2) is 11.8. The number of para-hydroxylation sites is 1. The normalized spacial score (nSPS) is 17.6. The molecule has 0 aliphatic carbocycles. The lowest BCUT2D eigenvalue weighted by Crippen LogP contribution is -2.36. The maximum atomic E-state index is 13.7. The summed E-state index contributed by atoms with van der Waals surface area (Å²) in [6.45, 7) is 9.59. The molecule has 0 spiro atoms. The summed E-state index contributed by atoms with van der Waals surface area (Å²) in [4.78, 5) is 37.5. The van der Waals surface area contributed by atoms with Crippen molar-refractivity contribution in [1.82, 2.24) is 29.2 Å². The summed E-state index contributed by atoms with van der Waals surface area (Å²) in [5.41, 5.74) is 3.49. The Morgan fingerprint density at radius 2 is 1.95 bits per heavy atom. The molecule has 2 aliphatic rings. The van der Waals surface area contributed by atoms with Crippen LogP contribution in [0.4, 0.5) is 10.7 Å². The molecule has 1 saturated heterocycles. The Bertz CT molecular complexity index is 1700. The average molecular weight is 602 g/mol. The van der Waals surface area contributed by atoms with Gasteiger partial charge in [0.2, 0.25) is 11.8 Å². The van der Waals surface area contributed by atoms with Gasteiger partial charge in [-0.15, -0.1) is 0 Å². The Balaban J connectivity index is 1.31. The van der Waals surface area contributed by atoms with E-state index < -0.39 is 5.60 Å². The van der Waals surface area contributed by atoms with E-state index >= 15 is 0 Å². The first-order chi connectivity index (χ1) is 21.1. The highest BCUT2D eigenvalue weighted by atomic mass is 16.6. The molecular formula is C32H39N7O5. The van der Waals surface area contributed by atoms with E-state index in [4.69, 9.17) is 19.2 Å². The van der Waals surface area contributed by atoms with Gasteiger partial charge in [-0.1, -0.05) is 6.07 Å². The van der Waals surface area contributed by atoms with Crippen LogP contribution in [0.15, 0.2) is 36.5 Å². The monoisotopic (exact) mass is 601 g/mol. The predicted octanol–water partition coefficient (Wildman–Crippen LogP) is 5.34. The molecule has 1 fully saturated rings. The Morgan fingerprint density at radius 3 is 2.77 bits per heavy atom. The second-order valence-corrected chi connectivity index (χ2v) is 12.4. The van der Waals surface area contributed by atoms with Crippen LogP contribution in [0.1, 0.15) is 62.5 Å². The number of amides is 2. The van der Waals surface area contributed by atoms with Crippen LogP contribution in [0.5, 0.6) is 11.6 Å². The van der Waals surface area contributed by atoms with Crippen LogP contribution in [0, 0.1) is 6.92 Å². The van der Waals surface area contributed by atoms with Crippen molar-refractivity contribution < 1.29 is 23.8 Å². The minimum Gasteiger partial charge on any atom is -0.486 e. The van der Waals surface area contributed by atoms with Crippen LogP contribution in [0.25, 0.3) is 22.3 Å². The van der Waals surface area contributed by atoms with E-state index in [1.165, 1.54) is 0 Å². The molecule has 232 valence electrons. The molecule has 1 atom stereocenters. The van der Waals surface area contributed by atoms with Crippen molar-refractivity contribution in [1.29, 1.82) is 0 Å². The molecular weight excluding hydrogens is 562 g/mol. The zero-order chi connectivity index (χ0) is 31.0. The lowest BCUT2D eigenvalue weighted by molar-refractivity contribution is 0.0276. The van der Waals surface area contributed by atoms with Crippen LogP contribution < -0.4 is 14.8 Å². The maximum absolute atomic E-state index is 13.7. The lowest BCUT2D eigenvalue weighted by atomic mass is 10.1. The van der Waals surface area contributed by atoms with E-state index in [9.17, 15) is 9.59 Å². The van der Waals surface area contributed by atoms with Crippen LogP contribution in [-0.4, -0.2) is 72.6 Å². The standard InChI is InChI=1S/C32H39N7O5/c1-20-16-21-17-25(34-20)23-18-33-37(5)29(23)42-15-8-6-7-13-39-27-24(35-30(39)36-28(21)40)10-9-11-26(27)43-22-12-14-38(19-22)31(41)44-32(2,3)4/h9-11,16-18,22H,6-8,12-15,19H2,1-5H3,(H,35,36,40). The first kappa shape index (κ1) is 29.5. The number of hydrogen-bond acceptors (Lipinski definition) is 8. The smallest absolute Gasteiger partial charge is 0.410 e. The number of nitrogens with zero attached hydrogens (tertiary/aromatic N) is 6. The Labute approximate surface area is 256 Å². The minimum absolute atomic E-state index is 0.192. The summed E-state index contributed by atoms with van der Waals surface area (Å²) in [5.74, 6) is 1.45. The Kier molecular flexibility index (Phi) is 7.91. The van der Waals surface area contributed by atoms with E-state index in [0.717, 1.165) is 35.9 Å². The number of likely N-dealkylation sites (tertiary alicyclic amines) is 1. The Hall–Kier alpha value is -4.61. The molecule has 5 heterocycles. The topological polar surface area (TPSA) is 126 Å². The van der Waals surface area contributed by atoms with E-state index in [1.54, 1.807) is 27.9 Å². The maximum Gasteiger partial charge on any atom is 0.410 e. The van der Waals surface area contributed by atoms with Gasteiger partial charge in [0.1, 0.15) is 23.0 Å². The summed E-state index contributed by atoms with van der Waals surface area (Å²) in [7, 11) is 1.83. The van der Waals surface area contributed by atoms with Gasteiger partial charge in [-0.05, 0) is 71.2 Å². The number of nitrogens with one attached hydrogen (secondary N) is 1. The largest absolute Gasteiger partial charge is 0.486 e. The van der Waals surface area contributed by atoms with Crippen molar-refractivity contribution in [2.24, 2.45) is 7.05 Å². The fourth-order valence-corrected chi connectivity index (χ4v) is 5.66. The Morgan fingerprint density at radius 1 is 1.11 bits per heavy atom. The van der Waals surface area contributed by atoms with Crippen LogP contribution in [-0.2, 0) is 18.3 Å². The number of anilines is 1. The molecule has 4 aromatic rings. The summed E-state index contributed by atoms with van der Waals surface area (Å²) in [5, 5.41) is 7.43. The summed E-state index contributed by atoms with van der Waals surface area (Å²) >= 11 is 0. The lowest BCUT2D eigenvalue weighted by Gasteiger charge is -2.24. The molecule has 0 saturated carbocycles. The summed E-state index contributed by atoms with van der Waals surface area (Å²) in [6.07, 6.45) is 4.47. The highest BCUT2D eigenvalue weighted by Gasteiger charge is 2.32. The van der Waals surface area contributed by atoms with Crippen molar-refractivity contribution in [2.45, 2.75) is 71.6 Å². The third kappa shape index (κ3) is 6.20. The van der Waals surface area contributed by atoms with Gasteiger partial charge >= 0.3 is 6.09 Å². The molecule has 1 aromatic carbocycles. The number of carbonyl (C=O) groups is 2. The number of pyridine rings is 1. The second-order valence-electron chi connectivity index (χ2n) is 12.4. The molecule has 6 rings (SSSR count). The average Bonchev–Trinajstić information content (AvgIpc) is 3.67. The number of imidazole rings is 1. The molecule has 44 heavy (non-hydrogen) atoms. The van der Waals surface area contributed by atoms with Gasteiger partial charge in [0, 0.05) is 37.8 Å². The number of aryl methyl sites for hydroxylation is 3. The third-order valence-corrected chi connectivity index (χ3v) is 7.69.